The lowest BCUT2D eigenvalue weighted by Gasteiger charge is -2.38. The molecule has 2 fully saturated rings. The van der Waals surface area contributed by atoms with E-state index in [0.717, 1.165) is 56.3 Å². The van der Waals surface area contributed by atoms with Gasteiger partial charge in [0.15, 0.2) is 0 Å². The Morgan fingerprint density at radius 2 is 1.74 bits per heavy atom. The molecular formula is C29H49NO4. The number of ether oxygens (including phenoxy) is 2. The van der Waals surface area contributed by atoms with E-state index in [-0.39, 0.29) is 11.9 Å². The molecule has 3 rings (SSSR count). The van der Waals surface area contributed by atoms with Crippen LogP contribution in [0.4, 0.5) is 0 Å². The molecule has 0 spiro atoms. The Kier molecular flexibility index (Phi) is 9.28. The van der Waals surface area contributed by atoms with E-state index in [1.54, 1.807) is 0 Å². The van der Waals surface area contributed by atoms with Gasteiger partial charge in [-0.1, -0.05) is 39.3 Å². The van der Waals surface area contributed by atoms with Crippen LogP contribution in [-0.2, 0) is 14.3 Å². The van der Waals surface area contributed by atoms with Crippen molar-refractivity contribution in [3.05, 3.63) is 17.0 Å². The van der Waals surface area contributed by atoms with Crippen molar-refractivity contribution in [1.82, 2.24) is 5.16 Å². The number of aromatic nitrogens is 1. The van der Waals surface area contributed by atoms with Crippen molar-refractivity contribution in [1.29, 1.82) is 0 Å². The minimum Gasteiger partial charge on any atom is -0.460 e. The summed E-state index contributed by atoms with van der Waals surface area (Å²) in [5.41, 5.74) is 2.25. The summed E-state index contributed by atoms with van der Waals surface area (Å²) in [4.78, 5) is 12.8. The summed E-state index contributed by atoms with van der Waals surface area (Å²) in [7, 11) is 0. The van der Waals surface area contributed by atoms with Gasteiger partial charge in [0, 0.05) is 30.6 Å². The van der Waals surface area contributed by atoms with Crippen LogP contribution in [0.15, 0.2) is 4.52 Å². The van der Waals surface area contributed by atoms with E-state index in [0.29, 0.717) is 23.7 Å². The highest BCUT2D eigenvalue weighted by Gasteiger charge is 2.42. The summed E-state index contributed by atoms with van der Waals surface area (Å²) < 4.78 is 17.5. The first-order valence-corrected chi connectivity index (χ1v) is 13.8. The third-order valence-electron chi connectivity index (χ3n) is 6.98. The predicted octanol–water partition coefficient (Wildman–Crippen LogP) is 7.89. The van der Waals surface area contributed by atoms with Crippen LogP contribution >= 0.6 is 0 Å². The van der Waals surface area contributed by atoms with Crippen LogP contribution < -0.4 is 0 Å². The topological polar surface area (TPSA) is 61.6 Å². The quantitative estimate of drug-likeness (QED) is 0.214. The van der Waals surface area contributed by atoms with Gasteiger partial charge in [-0.05, 0) is 89.4 Å². The highest BCUT2D eigenvalue weighted by atomic mass is 16.6. The van der Waals surface area contributed by atoms with Crippen molar-refractivity contribution in [3.63, 3.8) is 0 Å². The van der Waals surface area contributed by atoms with Crippen molar-refractivity contribution in [2.24, 2.45) is 11.3 Å². The SMILES string of the molecule is CCCCOCCC[C@@H](CC(=O)OC(C)(C)C)c1noc(C2CC(CC(C)(C)C)C2)c1C1CC1. The first-order chi connectivity index (χ1) is 16.0. The molecule has 0 aliphatic heterocycles. The van der Waals surface area contributed by atoms with Gasteiger partial charge in [-0.2, -0.15) is 0 Å². The third-order valence-corrected chi connectivity index (χ3v) is 6.98. The van der Waals surface area contributed by atoms with E-state index in [4.69, 9.17) is 14.0 Å². The molecule has 1 aromatic heterocycles. The molecule has 5 heteroatoms. The smallest absolute Gasteiger partial charge is 0.306 e. The molecule has 1 heterocycles. The molecule has 194 valence electrons. The standard InChI is InChI=1S/C29H49NO4/c1-8-9-14-32-15-10-11-22(18-24(31)33-29(5,6)7)26-25(21-12-13-21)27(34-30-26)23-16-20(17-23)19-28(2,3)4/h20-23H,8-19H2,1-7H3/t20?,22-,23?/m0/s1. The summed E-state index contributed by atoms with van der Waals surface area (Å²) in [6.45, 7) is 16.5. The van der Waals surface area contributed by atoms with Crippen LogP contribution in [0.5, 0.6) is 0 Å². The van der Waals surface area contributed by atoms with Gasteiger partial charge in [0.25, 0.3) is 0 Å². The van der Waals surface area contributed by atoms with E-state index in [1.807, 2.05) is 20.8 Å². The van der Waals surface area contributed by atoms with Crippen LogP contribution in [0.3, 0.4) is 0 Å². The Bertz CT molecular complexity index is 775. The van der Waals surface area contributed by atoms with Gasteiger partial charge in [-0.15, -0.1) is 0 Å². The average molecular weight is 476 g/mol. The molecule has 0 unspecified atom stereocenters. The highest BCUT2D eigenvalue weighted by Crippen LogP contribution is 2.53. The van der Waals surface area contributed by atoms with Gasteiger partial charge >= 0.3 is 5.97 Å². The van der Waals surface area contributed by atoms with Crippen LogP contribution in [0, 0.1) is 11.3 Å². The molecule has 1 aromatic rings. The minimum absolute atomic E-state index is 0.0307. The van der Waals surface area contributed by atoms with Crippen molar-refractivity contribution in [2.75, 3.05) is 13.2 Å². The number of unbranched alkanes of at least 4 members (excludes halogenated alkanes) is 1. The van der Waals surface area contributed by atoms with Crippen molar-refractivity contribution >= 4 is 5.97 Å². The number of nitrogens with zero attached hydrogens (tertiary/aromatic N) is 1. The molecule has 0 radical (unpaired) electrons. The zero-order valence-electron chi connectivity index (χ0n) is 22.9. The first kappa shape index (κ1) is 27.2. The van der Waals surface area contributed by atoms with Gasteiger partial charge < -0.3 is 14.0 Å². The molecule has 5 nitrogen and oxygen atoms in total. The highest BCUT2D eigenvalue weighted by molar-refractivity contribution is 5.71. The van der Waals surface area contributed by atoms with E-state index in [9.17, 15) is 4.79 Å². The number of hydrogen-bond acceptors (Lipinski definition) is 5. The molecule has 0 saturated heterocycles. The Balaban J connectivity index is 1.70. The fraction of sp³-hybridized carbons (Fsp3) is 0.862. The normalized spacial score (nSPS) is 21.9. The Labute approximate surface area is 207 Å². The second kappa shape index (κ2) is 11.6. The molecule has 0 bridgehead atoms. The molecular weight excluding hydrogens is 426 g/mol. The zero-order valence-corrected chi connectivity index (χ0v) is 22.9. The lowest BCUT2D eigenvalue weighted by molar-refractivity contribution is -0.155. The van der Waals surface area contributed by atoms with Crippen molar-refractivity contribution in [2.45, 2.75) is 136 Å². The Morgan fingerprint density at radius 1 is 1.06 bits per heavy atom. The summed E-state index contributed by atoms with van der Waals surface area (Å²) in [6.07, 6.45) is 10.5. The largest absolute Gasteiger partial charge is 0.460 e. The number of rotatable bonds is 13. The molecule has 0 amide bonds. The van der Waals surface area contributed by atoms with E-state index >= 15 is 0 Å². The van der Waals surface area contributed by atoms with Crippen LogP contribution in [0.25, 0.3) is 0 Å². The number of carbonyl (C=O) groups is 1. The van der Waals surface area contributed by atoms with Gasteiger partial charge in [0.05, 0.1) is 12.1 Å². The lowest BCUT2D eigenvalue weighted by Crippen LogP contribution is -2.26. The van der Waals surface area contributed by atoms with E-state index in [1.165, 1.54) is 37.7 Å². The fourth-order valence-electron chi connectivity index (χ4n) is 5.38. The van der Waals surface area contributed by atoms with Crippen LogP contribution in [0.2, 0.25) is 0 Å². The molecule has 34 heavy (non-hydrogen) atoms. The summed E-state index contributed by atoms with van der Waals surface area (Å²) in [6, 6.07) is 0. The Morgan fingerprint density at radius 3 is 2.32 bits per heavy atom. The maximum absolute atomic E-state index is 12.8. The van der Waals surface area contributed by atoms with Gasteiger partial charge in [0.2, 0.25) is 0 Å². The second-order valence-corrected chi connectivity index (χ2v) is 13.0. The molecule has 0 aromatic carbocycles. The summed E-state index contributed by atoms with van der Waals surface area (Å²) >= 11 is 0. The fourth-order valence-corrected chi connectivity index (χ4v) is 5.38. The number of hydrogen-bond donors (Lipinski definition) is 0. The lowest BCUT2D eigenvalue weighted by atomic mass is 9.66. The third kappa shape index (κ3) is 8.39. The second-order valence-electron chi connectivity index (χ2n) is 13.0. The van der Waals surface area contributed by atoms with E-state index in [2.05, 4.69) is 32.9 Å². The molecule has 0 N–H and O–H groups in total. The van der Waals surface area contributed by atoms with Crippen LogP contribution in [-0.4, -0.2) is 29.9 Å². The zero-order chi connectivity index (χ0) is 24.9. The predicted molar refractivity (Wildman–Crippen MR) is 136 cm³/mol. The van der Waals surface area contributed by atoms with Gasteiger partial charge in [-0.25, -0.2) is 0 Å². The monoisotopic (exact) mass is 475 g/mol. The average Bonchev–Trinajstić information content (AvgIpc) is 3.42. The van der Waals surface area contributed by atoms with Crippen molar-refractivity contribution < 1.29 is 18.8 Å². The maximum atomic E-state index is 12.8. The molecule has 2 aliphatic rings. The molecule has 2 saturated carbocycles. The van der Waals surface area contributed by atoms with E-state index < -0.39 is 5.60 Å². The maximum Gasteiger partial charge on any atom is 0.306 e. The number of esters is 1. The summed E-state index contributed by atoms with van der Waals surface area (Å²) in [5, 5.41) is 4.63. The minimum atomic E-state index is -0.479. The summed E-state index contributed by atoms with van der Waals surface area (Å²) in [5.74, 6) is 2.83. The number of carbonyl (C=O) groups excluding carboxylic acids is 1. The van der Waals surface area contributed by atoms with Crippen molar-refractivity contribution in [3.8, 4) is 0 Å². The van der Waals surface area contributed by atoms with Crippen LogP contribution in [0.1, 0.15) is 147 Å². The molecule has 1 atom stereocenters. The first-order valence-electron chi connectivity index (χ1n) is 13.8. The van der Waals surface area contributed by atoms with Gasteiger partial charge in [-0.3, -0.25) is 4.79 Å². The van der Waals surface area contributed by atoms with Gasteiger partial charge in [0.1, 0.15) is 11.4 Å². The Hall–Kier alpha value is -1.36. The molecule has 2 aliphatic carbocycles.